The minimum absolute atomic E-state index is 0.281. The first kappa shape index (κ1) is 18.9. The number of benzene rings is 3. The highest BCUT2D eigenvalue weighted by molar-refractivity contribution is 9.10. The number of rotatable bonds is 3. The van der Waals surface area contributed by atoms with E-state index in [1.54, 1.807) is 0 Å². The SMILES string of the molecule is Cc1c(Cc2ccccc2)c(=O)oc2c3c(ccc12)OCN(c1cccc(Br)c1)C3. The average molecular weight is 462 g/mol. The molecule has 5 heteroatoms. The molecule has 0 unspecified atom stereocenters. The van der Waals surface area contributed by atoms with Crippen LogP contribution in [0.15, 0.2) is 80.4 Å². The van der Waals surface area contributed by atoms with Crippen LogP contribution in [0.2, 0.25) is 0 Å². The fourth-order valence-electron chi connectivity index (χ4n) is 4.00. The summed E-state index contributed by atoms with van der Waals surface area (Å²) < 4.78 is 12.9. The molecule has 5 rings (SSSR count). The molecule has 1 aromatic heterocycles. The molecule has 0 aliphatic carbocycles. The number of anilines is 1. The molecule has 0 saturated carbocycles. The van der Waals surface area contributed by atoms with Gasteiger partial charge in [0.05, 0.1) is 12.1 Å². The predicted molar refractivity (Wildman–Crippen MR) is 122 cm³/mol. The summed E-state index contributed by atoms with van der Waals surface area (Å²) in [5, 5.41) is 0.957. The highest BCUT2D eigenvalue weighted by Gasteiger charge is 2.23. The van der Waals surface area contributed by atoms with Gasteiger partial charge >= 0.3 is 5.63 Å². The summed E-state index contributed by atoms with van der Waals surface area (Å²) in [4.78, 5) is 15.0. The second-order valence-corrected chi connectivity index (χ2v) is 8.44. The summed E-state index contributed by atoms with van der Waals surface area (Å²) in [7, 11) is 0. The minimum Gasteiger partial charge on any atom is -0.473 e. The van der Waals surface area contributed by atoms with Crippen LogP contribution in [-0.4, -0.2) is 6.73 Å². The second kappa shape index (κ2) is 7.65. The van der Waals surface area contributed by atoms with Crippen LogP contribution in [0.25, 0.3) is 11.0 Å². The van der Waals surface area contributed by atoms with Crippen molar-refractivity contribution in [3.05, 3.63) is 104 Å². The number of hydrogen-bond donors (Lipinski definition) is 0. The molecule has 4 aromatic rings. The van der Waals surface area contributed by atoms with Gasteiger partial charge < -0.3 is 14.1 Å². The molecular formula is C25H20BrNO3. The number of fused-ring (bicyclic) bond motifs is 3. The Morgan fingerprint density at radius 2 is 1.87 bits per heavy atom. The van der Waals surface area contributed by atoms with E-state index in [4.69, 9.17) is 9.15 Å². The maximum atomic E-state index is 12.9. The second-order valence-electron chi connectivity index (χ2n) is 7.53. The van der Waals surface area contributed by atoms with Crippen LogP contribution >= 0.6 is 15.9 Å². The van der Waals surface area contributed by atoms with Gasteiger partial charge in [0.25, 0.3) is 0 Å². The highest BCUT2D eigenvalue weighted by Crippen LogP contribution is 2.35. The molecule has 0 spiro atoms. The van der Waals surface area contributed by atoms with Crippen LogP contribution in [0, 0.1) is 6.92 Å². The van der Waals surface area contributed by atoms with Gasteiger partial charge in [-0.15, -0.1) is 0 Å². The molecule has 0 atom stereocenters. The zero-order chi connectivity index (χ0) is 20.7. The van der Waals surface area contributed by atoms with Crippen molar-refractivity contribution in [1.29, 1.82) is 0 Å². The van der Waals surface area contributed by atoms with E-state index in [1.807, 2.05) is 67.6 Å². The summed E-state index contributed by atoms with van der Waals surface area (Å²) in [5.41, 5.74) is 5.05. The molecule has 0 N–H and O–H groups in total. The van der Waals surface area contributed by atoms with E-state index in [9.17, 15) is 4.79 Å². The van der Waals surface area contributed by atoms with Gasteiger partial charge in [0.15, 0.2) is 6.73 Å². The van der Waals surface area contributed by atoms with Crippen molar-refractivity contribution >= 4 is 32.6 Å². The molecule has 0 saturated heterocycles. The smallest absolute Gasteiger partial charge is 0.340 e. The Morgan fingerprint density at radius 1 is 1.03 bits per heavy atom. The van der Waals surface area contributed by atoms with E-state index in [-0.39, 0.29) is 5.63 Å². The van der Waals surface area contributed by atoms with Gasteiger partial charge in [-0.3, -0.25) is 0 Å². The van der Waals surface area contributed by atoms with E-state index in [2.05, 4.69) is 26.9 Å². The van der Waals surface area contributed by atoms with E-state index >= 15 is 0 Å². The lowest BCUT2D eigenvalue weighted by Crippen LogP contribution is -2.32. The Hall–Kier alpha value is -3.05. The topological polar surface area (TPSA) is 42.7 Å². The van der Waals surface area contributed by atoms with Gasteiger partial charge in [-0.2, -0.15) is 0 Å². The van der Waals surface area contributed by atoms with Crippen molar-refractivity contribution in [2.24, 2.45) is 0 Å². The first-order valence-corrected chi connectivity index (χ1v) is 10.6. The standard InChI is InChI=1S/C25H20BrNO3/c1-16-20-10-11-23-22(14-27(15-29-23)19-9-5-8-18(26)13-19)24(20)30-25(28)21(16)12-17-6-3-2-4-7-17/h2-11,13H,12,14-15H2,1H3. The van der Waals surface area contributed by atoms with Crippen LogP contribution in [0.3, 0.4) is 0 Å². The van der Waals surface area contributed by atoms with Gasteiger partial charge in [0.1, 0.15) is 11.3 Å². The number of hydrogen-bond acceptors (Lipinski definition) is 4. The molecule has 2 heterocycles. The van der Waals surface area contributed by atoms with Crippen LogP contribution in [0.5, 0.6) is 5.75 Å². The molecule has 1 aliphatic heterocycles. The molecule has 0 amide bonds. The first-order valence-electron chi connectivity index (χ1n) is 9.85. The van der Waals surface area contributed by atoms with Crippen molar-refractivity contribution in [2.45, 2.75) is 19.9 Å². The van der Waals surface area contributed by atoms with Gasteiger partial charge in [-0.1, -0.05) is 52.3 Å². The van der Waals surface area contributed by atoms with Gasteiger partial charge in [0.2, 0.25) is 0 Å². The molecule has 0 bridgehead atoms. The lowest BCUT2D eigenvalue weighted by Gasteiger charge is -2.31. The normalized spacial score (nSPS) is 13.2. The lowest BCUT2D eigenvalue weighted by atomic mass is 9.97. The molecule has 3 aromatic carbocycles. The van der Waals surface area contributed by atoms with Crippen molar-refractivity contribution in [3.63, 3.8) is 0 Å². The van der Waals surface area contributed by atoms with Crippen molar-refractivity contribution in [3.8, 4) is 5.75 Å². The van der Waals surface area contributed by atoms with Crippen LogP contribution in [0.1, 0.15) is 22.3 Å². The predicted octanol–water partition coefficient (Wildman–Crippen LogP) is 5.81. The minimum atomic E-state index is -0.281. The summed E-state index contributed by atoms with van der Waals surface area (Å²) >= 11 is 3.53. The lowest BCUT2D eigenvalue weighted by molar-refractivity contribution is 0.289. The summed E-state index contributed by atoms with van der Waals surface area (Å²) in [5.74, 6) is 0.770. The largest absolute Gasteiger partial charge is 0.473 e. The van der Waals surface area contributed by atoms with Crippen LogP contribution < -0.4 is 15.3 Å². The zero-order valence-corrected chi connectivity index (χ0v) is 18.1. The Balaban J connectivity index is 1.58. The molecule has 30 heavy (non-hydrogen) atoms. The van der Waals surface area contributed by atoms with Gasteiger partial charge in [-0.05, 0) is 48.4 Å². The summed E-state index contributed by atoms with van der Waals surface area (Å²) in [6.07, 6.45) is 0.558. The van der Waals surface area contributed by atoms with Crippen molar-refractivity contribution in [1.82, 2.24) is 0 Å². The Bertz CT molecular complexity index is 1300. The molecule has 0 radical (unpaired) electrons. The zero-order valence-electron chi connectivity index (χ0n) is 16.5. The summed E-state index contributed by atoms with van der Waals surface area (Å²) in [6.45, 7) is 3.06. The first-order chi connectivity index (χ1) is 14.6. The maximum absolute atomic E-state index is 12.9. The third-order valence-electron chi connectivity index (χ3n) is 5.64. The van der Waals surface area contributed by atoms with Crippen LogP contribution in [-0.2, 0) is 13.0 Å². The molecule has 0 fully saturated rings. The molecule has 150 valence electrons. The Kier molecular flexibility index (Phi) is 4.83. The Morgan fingerprint density at radius 3 is 2.67 bits per heavy atom. The fraction of sp³-hybridized carbons (Fsp3) is 0.160. The van der Waals surface area contributed by atoms with E-state index in [1.165, 1.54) is 0 Å². The molecule has 4 nitrogen and oxygen atoms in total. The number of nitrogens with zero attached hydrogens (tertiary/aromatic N) is 1. The number of halogens is 1. The maximum Gasteiger partial charge on any atom is 0.340 e. The number of aryl methyl sites for hydroxylation is 1. The van der Waals surface area contributed by atoms with Crippen molar-refractivity contribution < 1.29 is 9.15 Å². The van der Waals surface area contributed by atoms with E-state index in [0.29, 0.717) is 30.8 Å². The van der Waals surface area contributed by atoms with E-state index in [0.717, 1.165) is 38.0 Å². The quantitative estimate of drug-likeness (QED) is 0.361. The molecule has 1 aliphatic rings. The monoisotopic (exact) mass is 461 g/mol. The Labute approximate surface area is 182 Å². The van der Waals surface area contributed by atoms with E-state index < -0.39 is 0 Å². The van der Waals surface area contributed by atoms with Crippen molar-refractivity contribution in [2.75, 3.05) is 11.6 Å². The fourth-order valence-corrected chi connectivity index (χ4v) is 4.39. The van der Waals surface area contributed by atoms with Gasteiger partial charge in [0, 0.05) is 27.5 Å². The average Bonchev–Trinajstić information content (AvgIpc) is 2.77. The third kappa shape index (κ3) is 3.39. The summed E-state index contributed by atoms with van der Waals surface area (Å²) in [6, 6.07) is 22.1. The highest BCUT2D eigenvalue weighted by atomic mass is 79.9. The van der Waals surface area contributed by atoms with Gasteiger partial charge in [-0.25, -0.2) is 4.79 Å². The third-order valence-corrected chi connectivity index (χ3v) is 6.13. The number of ether oxygens (including phenoxy) is 1. The van der Waals surface area contributed by atoms with Crippen LogP contribution in [0.4, 0.5) is 5.69 Å². The molecular weight excluding hydrogens is 442 g/mol.